The second-order valence-corrected chi connectivity index (χ2v) is 3.91. The van der Waals surface area contributed by atoms with Gasteiger partial charge in [-0.3, -0.25) is 4.79 Å². The fraction of sp³-hybridized carbons (Fsp3) is 0.200. The molecule has 5 heteroatoms. The molecule has 2 N–H and O–H groups in total. The highest BCUT2D eigenvalue weighted by Gasteiger charge is 2.17. The summed E-state index contributed by atoms with van der Waals surface area (Å²) in [6.45, 7) is 0. The summed E-state index contributed by atoms with van der Waals surface area (Å²) in [6.07, 6.45) is 7.81. The summed E-state index contributed by atoms with van der Waals surface area (Å²) < 4.78 is 5.01. The molecular formula is C15H15NO4. The number of nitrogens with one attached hydrogen (secondary N) is 1. The molecular weight excluding hydrogens is 258 g/mol. The number of carbonyl (C=O) groups is 2. The Morgan fingerprint density at radius 2 is 2.10 bits per heavy atom. The van der Waals surface area contributed by atoms with Crippen molar-refractivity contribution >= 4 is 18.0 Å². The summed E-state index contributed by atoms with van der Waals surface area (Å²) in [6, 6.07) is 6.00. The van der Waals surface area contributed by atoms with Crippen molar-refractivity contribution in [3.05, 3.63) is 35.9 Å². The second-order valence-electron chi connectivity index (χ2n) is 3.91. The largest absolute Gasteiger partial charge is 0.497 e. The van der Waals surface area contributed by atoms with E-state index in [0.717, 1.165) is 5.56 Å². The molecule has 0 radical (unpaired) electrons. The lowest BCUT2D eigenvalue weighted by molar-refractivity contribution is -0.141. The van der Waals surface area contributed by atoms with Crippen LogP contribution in [0.5, 0.6) is 5.75 Å². The standard InChI is InChI=1S/C15H15NO4/c1-3-4-13(15(18)19)16-14(17)10-7-11-5-8-12(20-2)9-6-11/h1,5-10,13H,4H2,2H3,(H,16,17)(H,18,19)/b10-7+. The number of benzene rings is 1. The summed E-state index contributed by atoms with van der Waals surface area (Å²) in [7, 11) is 1.57. The Morgan fingerprint density at radius 1 is 1.45 bits per heavy atom. The minimum Gasteiger partial charge on any atom is -0.497 e. The van der Waals surface area contributed by atoms with Crippen molar-refractivity contribution in [2.75, 3.05) is 7.11 Å². The molecule has 1 unspecified atom stereocenters. The number of terminal acetylenes is 1. The minimum atomic E-state index is -1.16. The van der Waals surface area contributed by atoms with Crippen molar-refractivity contribution in [3.63, 3.8) is 0 Å². The van der Waals surface area contributed by atoms with Gasteiger partial charge in [0.15, 0.2) is 0 Å². The van der Waals surface area contributed by atoms with E-state index in [1.54, 1.807) is 37.5 Å². The Hall–Kier alpha value is -2.74. The van der Waals surface area contributed by atoms with Crippen LogP contribution in [-0.4, -0.2) is 30.1 Å². The molecule has 0 heterocycles. The second kappa shape index (κ2) is 7.64. The number of carboxylic acid groups (broad SMARTS) is 1. The van der Waals surface area contributed by atoms with Crippen molar-refractivity contribution in [3.8, 4) is 18.1 Å². The van der Waals surface area contributed by atoms with Gasteiger partial charge in [-0.2, -0.15) is 0 Å². The first-order valence-corrected chi connectivity index (χ1v) is 5.85. The van der Waals surface area contributed by atoms with Gasteiger partial charge in [-0.25, -0.2) is 4.79 Å². The van der Waals surface area contributed by atoms with Crippen LogP contribution in [0.3, 0.4) is 0 Å². The molecule has 5 nitrogen and oxygen atoms in total. The Balaban J connectivity index is 2.62. The van der Waals surface area contributed by atoms with E-state index in [2.05, 4.69) is 11.2 Å². The van der Waals surface area contributed by atoms with Crippen LogP contribution in [0.2, 0.25) is 0 Å². The summed E-state index contributed by atoms with van der Waals surface area (Å²) in [4.78, 5) is 22.4. The number of carbonyl (C=O) groups excluding carboxylic acids is 1. The number of rotatable bonds is 6. The molecule has 1 amide bonds. The monoisotopic (exact) mass is 273 g/mol. The lowest BCUT2D eigenvalue weighted by Gasteiger charge is -2.09. The number of aliphatic carboxylic acids is 1. The third-order valence-corrected chi connectivity index (χ3v) is 2.48. The highest BCUT2D eigenvalue weighted by Crippen LogP contribution is 2.12. The van der Waals surface area contributed by atoms with Crippen molar-refractivity contribution in [2.45, 2.75) is 12.5 Å². The topological polar surface area (TPSA) is 75.6 Å². The van der Waals surface area contributed by atoms with E-state index in [1.807, 2.05) is 0 Å². The van der Waals surface area contributed by atoms with E-state index in [1.165, 1.54) is 6.08 Å². The van der Waals surface area contributed by atoms with Crippen molar-refractivity contribution in [1.29, 1.82) is 0 Å². The van der Waals surface area contributed by atoms with Crippen LogP contribution in [0.1, 0.15) is 12.0 Å². The molecule has 1 atom stereocenters. The van der Waals surface area contributed by atoms with Crippen LogP contribution in [0.15, 0.2) is 30.3 Å². The fourth-order valence-corrected chi connectivity index (χ4v) is 1.42. The molecule has 1 aromatic carbocycles. The maximum atomic E-state index is 11.6. The molecule has 0 bridgehead atoms. The lowest BCUT2D eigenvalue weighted by atomic mass is 10.2. The number of methoxy groups -OCH3 is 1. The summed E-state index contributed by atoms with van der Waals surface area (Å²) in [5.74, 6) is 1.25. The van der Waals surface area contributed by atoms with E-state index < -0.39 is 17.9 Å². The molecule has 0 aromatic heterocycles. The van der Waals surface area contributed by atoms with Gasteiger partial charge in [-0.1, -0.05) is 12.1 Å². The highest BCUT2D eigenvalue weighted by molar-refractivity contribution is 5.94. The smallest absolute Gasteiger partial charge is 0.327 e. The number of ether oxygens (including phenoxy) is 1. The van der Waals surface area contributed by atoms with Gasteiger partial charge in [0.2, 0.25) is 5.91 Å². The van der Waals surface area contributed by atoms with Crippen LogP contribution < -0.4 is 10.1 Å². The maximum Gasteiger partial charge on any atom is 0.327 e. The van der Waals surface area contributed by atoms with Gasteiger partial charge in [0.05, 0.1) is 7.11 Å². The quantitative estimate of drug-likeness (QED) is 0.605. The molecule has 1 rings (SSSR count). The molecule has 0 fully saturated rings. The molecule has 20 heavy (non-hydrogen) atoms. The van der Waals surface area contributed by atoms with Crippen molar-refractivity contribution < 1.29 is 19.4 Å². The molecule has 0 aliphatic carbocycles. The molecule has 0 saturated heterocycles. The van der Waals surface area contributed by atoms with Crippen molar-refractivity contribution in [2.24, 2.45) is 0 Å². The minimum absolute atomic E-state index is 0.0581. The highest BCUT2D eigenvalue weighted by atomic mass is 16.5. The third-order valence-electron chi connectivity index (χ3n) is 2.48. The lowest BCUT2D eigenvalue weighted by Crippen LogP contribution is -2.39. The van der Waals surface area contributed by atoms with Gasteiger partial charge in [-0.05, 0) is 23.8 Å². The third kappa shape index (κ3) is 4.86. The molecule has 1 aromatic rings. The van der Waals surface area contributed by atoms with Crippen LogP contribution in [-0.2, 0) is 9.59 Å². The Kier molecular flexibility index (Phi) is 5.85. The van der Waals surface area contributed by atoms with E-state index in [-0.39, 0.29) is 6.42 Å². The zero-order chi connectivity index (χ0) is 15.0. The maximum absolute atomic E-state index is 11.6. The van der Waals surface area contributed by atoms with Crippen LogP contribution >= 0.6 is 0 Å². The average Bonchev–Trinajstić information content (AvgIpc) is 2.45. The molecule has 0 spiro atoms. The molecule has 104 valence electrons. The van der Waals surface area contributed by atoms with Gasteiger partial charge in [0, 0.05) is 12.5 Å². The predicted octanol–water partition coefficient (Wildman–Crippen LogP) is 1.30. The van der Waals surface area contributed by atoms with Gasteiger partial charge < -0.3 is 15.2 Å². The Bertz CT molecular complexity index is 540. The van der Waals surface area contributed by atoms with E-state index in [9.17, 15) is 9.59 Å². The zero-order valence-corrected chi connectivity index (χ0v) is 11.0. The number of hydrogen-bond acceptors (Lipinski definition) is 3. The van der Waals surface area contributed by atoms with Crippen LogP contribution in [0.4, 0.5) is 0 Å². The van der Waals surface area contributed by atoms with Gasteiger partial charge >= 0.3 is 5.97 Å². The SMILES string of the molecule is C#CCC(NC(=O)/C=C/c1ccc(OC)cc1)C(=O)O. The summed E-state index contributed by atoms with van der Waals surface area (Å²) in [5, 5.41) is 11.2. The van der Waals surface area contributed by atoms with Crippen LogP contribution in [0.25, 0.3) is 6.08 Å². The number of carboxylic acids is 1. The molecule has 0 saturated carbocycles. The first-order chi connectivity index (χ1) is 9.56. The Labute approximate surface area is 117 Å². The van der Waals surface area contributed by atoms with E-state index >= 15 is 0 Å². The average molecular weight is 273 g/mol. The zero-order valence-electron chi connectivity index (χ0n) is 11.0. The van der Waals surface area contributed by atoms with Crippen molar-refractivity contribution in [1.82, 2.24) is 5.32 Å². The molecule has 0 aliphatic rings. The first kappa shape index (κ1) is 15.3. The van der Waals surface area contributed by atoms with E-state index in [0.29, 0.717) is 5.75 Å². The molecule has 0 aliphatic heterocycles. The van der Waals surface area contributed by atoms with E-state index in [4.69, 9.17) is 16.3 Å². The number of amides is 1. The van der Waals surface area contributed by atoms with Gasteiger partial charge in [-0.15, -0.1) is 12.3 Å². The van der Waals surface area contributed by atoms with Gasteiger partial charge in [0.25, 0.3) is 0 Å². The predicted molar refractivity (Wildman–Crippen MR) is 75.0 cm³/mol. The summed E-state index contributed by atoms with van der Waals surface area (Å²) >= 11 is 0. The fourth-order valence-electron chi connectivity index (χ4n) is 1.42. The summed E-state index contributed by atoms with van der Waals surface area (Å²) in [5.41, 5.74) is 0.796. The van der Waals surface area contributed by atoms with Crippen LogP contribution in [0, 0.1) is 12.3 Å². The first-order valence-electron chi connectivity index (χ1n) is 5.85. The van der Waals surface area contributed by atoms with Gasteiger partial charge in [0.1, 0.15) is 11.8 Å². The Morgan fingerprint density at radius 3 is 2.60 bits per heavy atom. The number of hydrogen-bond donors (Lipinski definition) is 2. The normalized spacial score (nSPS) is 11.6.